The summed E-state index contributed by atoms with van der Waals surface area (Å²) in [6.07, 6.45) is 4.34. The molecular formula is C7H11N5. The molecule has 0 amide bonds. The number of nitrogens with two attached hydrogens (primary N) is 1. The molecule has 2 rings (SSSR count). The molecule has 64 valence electrons. The van der Waals surface area contributed by atoms with E-state index in [-0.39, 0.29) is 12.2 Å². The van der Waals surface area contributed by atoms with Gasteiger partial charge in [0.15, 0.2) is 0 Å². The van der Waals surface area contributed by atoms with E-state index in [9.17, 15) is 0 Å². The van der Waals surface area contributed by atoms with Crippen molar-refractivity contribution < 1.29 is 0 Å². The summed E-state index contributed by atoms with van der Waals surface area (Å²) in [5.41, 5.74) is 12.8. The maximum atomic E-state index is 5.65. The summed E-state index contributed by atoms with van der Waals surface area (Å²) in [5.74, 6) is 0. The van der Waals surface area contributed by atoms with Crippen LogP contribution in [-0.2, 0) is 0 Å². The van der Waals surface area contributed by atoms with E-state index in [2.05, 4.69) is 21.0 Å². The van der Waals surface area contributed by atoms with Crippen LogP contribution in [0, 0.1) is 0 Å². The molecule has 0 radical (unpaired) electrons. The molecule has 1 aromatic heterocycles. The first kappa shape index (κ1) is 7.60. The zero-order chi connectivity index (χ0) is 8.39. The summed E-state index contributed by atoms with van der Waals surface area (Å²) in [6, 6.07) is 2.19. The summed E-state index contributed by atoms with van der Waals surface area (Å²) >= 11 is 0. The fraction of sp³-hybridized carbons (Fsp3) is 0.429. The molecule has 5 heteroatoms. The summed E-state index contributed by atoms with van der Waals surface area (Å²) < 4.78 is 0. The Morgan fingerprint density at radius 2 is 2.33 bits per heavy atom. The molecule has 0 bridgehead atoms. The lowest BCUT2D eigenvalue weighted by Crippen LogP contribution is -2.36. The summed E-state index contributed by atoms with van der Waals surface area (Å²) in [7, 11) is 0. The molecular weight excluding hydrogens is 154 g/mol. The summed E-state index contributed by atoms with van der Waals surface area (Å²) in [4.78, 5) is 0. The van der Waals surface area contributed by atoms with Crippen molar-refractivity contribution in [3.63, 3.8) is 0 Å². The van der Waals surface area contributed by atoms with Crippen LogP contribution >= 0.6 is 0 Å². The van der Waals surface area contributed by atoms with Gasteiger partial charge in [0.2, 0.25) is 0 Å². The number of aromatic nitrogens is 2. The Labute approximate surface area is 70.3 Å². The van der Waals surface area contributed by atoms with Crippen LogP contribution in [-0.4, -0.2) is 16.4 Å². The van der Waals surface area contributed by atoms with E-state index in [0.29, 0.717) is 0 Å². The highest BCUT2D eigenvalue weighted by molar-refractivity contribution is 5.12. The van der Waals surface area contributed by atoms with E-state index in [0.717, 1.165) is 12.0 Å². The molecule has 0 aromatic carbocycles. The van der Waals surface area contributed by atoms with Crippen LogP contribution in [0.3, 0.4) is 0 Å². The van der Waals surface area contributed by atoms with E-state index in [1.165, 1.54) is 0 Å². The first-order chi connectivity index (χ1) is 5.86. The molecule has 2 unspecified atom stereocenters. The minimum Gasteiger partial charge on any atom is -0.315 e. The number of hydrogen-bond donors (Lipinski definition) is 3. The molecule has 12 heavy (non-hydrogen) atoms. The lowest BCUT2D eigenvalue weighted by Gasteiger charge is -2.06. The van der Waals surface area contributed by atoms with Crippen LogP contribution in [0.4, 0.5) is 0 Å². The van der Waals surface area contributed by atoms with Crippen LogP contribution < -0.4 is 16.6 Å². The van der Waals surface area contributed by atoms with Crippen molar-refractivity contribution in [1.29, 1.82) is 0 Å². The molecule has 2 atom stereocenters. The maximum Gasteiger partial charge on any atom is 0.0698 e. The Bertz CT molecular complexity index is 249. The highest BCUT2D eigenvalue weighted by Gasteiger charge is 2.21. The number of hydrazine groups is 1. The average Bonchev–Trinajstić information content (AvgIpc) is 2.54. The Kier molecular flexibility index (Phi) is 1.99. The number of hydrogen-bond acceptors (Lipinski definition) is 5. The largest absolute Gasteiger partial charge is 0.315 e. The van der Waals surface area contributed by atoms with Gasteiger partial charge in [-0.3, -0.25) is 0 Å². The first-order valence-electron chi connectivity index (χ1n) is 3.89. The zero-order valence-electron chi connectivity index (χ0n) is 6.57. The van der Waals surface area contributed by atoms with Gasteiger partial charge in [0.1, 0.15) is 0 Å². The first-order valence-corrected chi connectivity index (χ1v) is 3.89. The minimum absolute atomic E-state index is 0.0307. The lowest BCUT2D eigenvalue weighted by molar-refractivity contribution is 0.550. The predicted octanol–water partition coefficient (Wildman–Crippen LogP) is -0.700. The molecule has 2 heterocycles. The van der Waals surface area contributed by atoms with E-state index < -0.39 is 0 Å². The molecule has 0 spiro atoms. The van der Waals surface area contributed by atoms with Crippen molar-refractivity contribution in [3.05, 3.63) is 24.0 Å². The fourth-order valence-electron chi connectivity index (χ4n) is 1.31. The summed E-state index contributed by atoms with van der Waals surface area (Å²) in [6.45, 7) is 0. The SMILES string of the molecule is NC1CC(c2ccnnc2)NN1. The molecule has 0 aliphatic carbocycles. The van der Waals surface area contributed by atoms with Crippen LogP contribution in [0.15, 0.2) is 18.5 Å². The third kappa shape index (κ3) is 1.42. The minimum atomic E-state index is 0.0307. The number of rotatable bonds is 1. The van der Waals surface area contributed by atoms with Crippen molar-refractivity contribution in [3.8, 4) is 0 Å². The normalized spacial score (nSPS) is 29.1. The average molecular weight is 165 g/mol. The standard InChI is InChI=1S/C7H11N5/c8-7-3-6(11-12-7)5-1-2-9-10-4-5/h1-2,4,6-7,11-12H,3,8H2. The van der Waals surface area contributed by atoms with Crippen LogP contribution in [0.2, 0.25) is 0 Å². The van der Waals surface area contributed by atoms with Crippen molar-refractivity contribution in [2.45, 2.75) is 18.6 Å². The molecule has 4 N–H and O–H groups in total. The van der Waals surface area contributed by atoms with Crippen molar-refractivity contribution in [2.24, 2.45) is 5.73 Å². The van der Waals surface area contributed by atoms with E-state index >= 15 is 0 Å². The molecule has 1 aromatic rings. The second-order valence-electron chi connectivity index (χ2n) is 2.86. The Hall–Kier alpha value is -1.04. The highest BCUT2D eigenvalue weighted by atomic mass is 15.4. The number of nitrogens with zero attached hydrogens (tertiary/aromatic N) is 2. The lowest BCUT2D eigenvalue weighted by atomic mass is 10.1. The third-order valence-corrected chi connectivity index (χ3v) is 1.94. The van der Waals surface area contributed by atoms with Crippen molar-refractivity contribution in [2.75, 3.05) is 0 Å². The Morgan fingerprint density at radius 3 is 2.92 bits per heavy atom. The predicted molar refractivity (Wildman–Crippen MR) is 43.6 cm³/mol. The van der Waals surface area contributed by atoms with Gasteiger partial charge in [-0.2, -0.15) is 10.2 Å². The van der Waals surface area contributed by atoms with E-state index in [1.54, 1.807) is 12.4 Å². The van der Waals surface area contributed by atoms with Gasteiger partial charge in [-0.25, -0.2) is 10.9 Å². The smallest absolute Gasteiger partial charge is 0.0698 e. The van der Waals surface area contributed by atoms with Gasteiger partial charge in [0.05, 0.1) is 18.4 Å². The second kappa shape index (κ2) is 3.14. The van der Waals surface area contributed by atoms with Gasteiger partial charge in [0.25, 0.3) is 0 Å². The topological polar surface area (TPSA) is 75.9 Å². The molecule has 1 aliphatic rings. The molecule has 1 saturated heterocycles. The Morgan fingerprint density at radius 1 is 1.42 bits per heavy atom. The number of nitrogens with one attached hydrogen (secondary N) is 2. The zero-order valence-corrected chi connectivity index (χ0v) is 6.57. The maximum absolute atomic E-state index is 5.65. The van der Waals surface area contributed by atoms with Gasteiger partial charge in [-0.15, -0.1) is 0 Å². The second-order valence-corrected chi connectivity index (χ2v) is 2.86. The molecule has 1 fully saturated rings. The van der Waals surface area contributed by atoms with E-state index in [1.807, 2.05) is 6.07 Å². The van der Waals surface area contributed by atoms with Gasteiger partial charge in [-0.05, 0) is 18.1 Å². The van der Waals surface area contributed by atoms with Crippen molar-refractivity contribution >= 4 is 0 Å². The van der Waals surface area contributed by atoms with Gasteiger partial charge < -0.3 is 5.73 Å². The molecule has 0 saturated carbocycles. The molecule has 1 aliphatic heterocycles. The van der Waals surface area contributed by atoms with Gasteiger partial charge in [-0.1, -0.05) is 0 Å². The van der Waals surface area contributed by atoms with Crippen LogP contribution in [0.1, 0.15) is 18.0 Å². The van der Waals surface area contributed by atoms with Gasteiger partial charge >= 0.3 is 0 Å². The quantitative estimate of drug-likeness (QED) is 0.513. The van der Waals surface area contributed by atoms with E-state index in [4.69, 9.17) is 5.73 Å². The summed E-state index contributed by atoms with van der Waals surface area (Å²) in [5, 5.41) is 7.50. The monoisotopic (exact) mass is 165 g/mol. The molecule has 5 nitrogen and oxygen atoms in total. The highest BCUT2D eigenvalue weighted by Crippen LogP contribution is 2.18. The van der Waals surface area contributed by atoms with Gasteiger partial charge in [0, 0.05) is 6.20 Å². The fourth-order valence-corrected chi connectivity index (χ4v) is 1.31. The third-order valence-electron chi connectivity index (χ3n) is 1.94. The van der Waals surface area contributed by atoms with Crippen LogP contribution in [0.25, 0.3) is 0 Å². The van der Waals surface area contributed by atoms with Crippen molar-refractivity contribution in [1.82, 2.24) is 21.0 Å². The Balaban J connectivity index is 2.11. The van der Waals surface area contributed by atoms with Crippen LogP contribution in [0.5, 0.6) is 0 Å².